The zero-order chi connectivity index (χ0) is 16.7. The van der Waals surface area contributed by atoms with Gasteiger partial charge in [0.1, 0.15) is 6.71 Å². The van der Waals surface area contributed by atoms with Crippen LogP contribution in [-0.2, 0) is 0 Å². The minimum absolute atomic E-state index is 0. The van der Waals surface area contributed by atoms with Crippen LogP contribution < -0.4 is 0 Å². The van der Waals surface area contributed by atoms with Crippen molar-refractivity contribution in [1.29, 1.82) is 0 Å². The zero-order valence-electron chi connectivity index (χ0n) is 16.5. The summed E-state index contributed by atoms with van der Waals surface area (Å²) < 4.78 is 0. The summed E-state index contributed by atoms with van der Waals surface area (Å²) in [5, 5.41) is 0. The van der Waals surface area contributed by atoms with Gasteiger partial charge in [-0.25, -0.2) is 0 Å². The van der Waals surface area contributed by atoms with E-state index in [1.165, 1.54) is 0 Å². The standard InChI is InChI=1S/C3H9B.2C3H9N.3C2H6.3CH4/c3*1-4(2)3;3*1-2;;;/h3*1-3H3;3*1-2H3;3*1H4. The normalized spacial score (nSPS) is 5.57. The van der Waals surface area contributed by atoms with Gasteiger partial charge in [-0.3, -0.25) is 0 Å². The van der Waals surface area contributed by atoms with Crippen molar-refractivity contribution >= 4 is 6.71 Å². The van der Waals surface area contributed by atoms with Crippen LogP contribution in [0.1, 0.15) is 63.8 Å². The van der Waals surface area contributed by atoms with Gasteiger partial charge in [0.25, 0.3) is 0 Å². The van der Waals surface area contributed by atoms with Crippen LogP contribution in [0.4, 0.5) is 0 Å². The maximum atomic E-state index is 2.17. The second kappa shape index (κ2) is 89.2. The number of rotatable bonds is 0. The first-order valence-electron chi connectivity index (χ1n) is 7.42. The molecule has 0 saturated heterocycles. The van der Waals surface area contributed by atoms with E-state index >= 15 is 0 Å². The van der Waals surface area contributed by atoms with Crippen molar-refractivity contribution < 1.29 is 0 Å². The van der Waals surface area contributed by atoms with Crippen LogP contribution in [0.5, 0.6) is 0 Å². The first kappa shape index (κ1) is 58.4. The van der Waals surface area contributed by atoms with Crippen molar-refractivity contribution in [2.24, 2.45) is 0 Å². The van der Waals surface area contributed by atoms with E-state index in [0.717, 1.165) is 6.71 Å². The predicted molar refractivity (Wildman–Crippen MR) is 117 cm³/mol. The monoisotopic (exact) mass is 312 g/mol. The molecule has 0 atom stereocenters. The molecular formula is C18H57BN2. The summed E-state index contributed by atoms with van der Waals surface area (Å²) in [7, 11) is 12.0. The van der Waals surface area contributed by atoms with Crippen LogP contribution in [0.15, 0.2) is 0 Å². The third kappa shape index (κ3) is 28500000. The van der Waals surface area contributed by atoms with Gasteiger partial charge in [-0.15, -0.1) is 0 Å². The van der Waals surface area contributed by atoms with E-state index in [2.05, 4.69) is 20.5 Å². The average Bonchev–Trinajstić information content (AvgIpc) is 2.23. The Bertz CT molecular complexity index is 43.7. The number of hydrogen-bond donors (Lipinski definition) is 0. The molecule has 0 aromatic carbocycles. The van der Waals surface area contributed by atoms with E-state index in [1.54, 1.807) is 0 Å². The van der Waals surface area contributed by atoms with Crippen LogP contribution in [0, 0.1) is 0 Å². The first-order valence-corrected chi connectivity index (χ1v) is 7.42. The minimum Gasteiger partial charge on any atom is -0.312 e. The van der Waals surface area contributed by atoms with Gasteiger partial charge in [-0.05, 0) is 42.3 Å². The van der Waals surface area contributed by atoms with Crippen LogP contribution in [0.2, 0.25) is 20.5 Å². The highest BCUT2D eigenvalue weighted by molar-refractivity contribution is 6.54. The predicted octanol–water partition coefficient (Wildman–Crippen LogP) is 6.71. The van der Waals surface area contributed by atoms with Gasteiger partial charge < -0.3 is 9.80 Å². The molecule has 0 aliphatic rings. The molecule has 0 fully saturated rings. The lowest BCUT2D eigenvalue weighted by Crippen LogP contribution is -1.99. The molecule has 2 nitrogen and oxygen atoms in total. The highest BCUT2D eigenvalue weighted by Gasteiger charge is 1.76. The van der Waals surface area contributed by atoms with Gasteiger partial charge in [0.05, 0.1) is 0 Å². The Labute approximate surface area is 143 Å². The molecule has 0 aliphatic carbocycles. The molecule has 0 radical (unpaired) electrons. The molecule has 0 N–H and O–H groups in total. The van der Waals surface area contributed by atoms with Gasteiger partial charge in [-0.1, -0.05) is 84.3 Å². The summed E-state index contributed by atoms with van der Waals surface area (Å²) in [5.74, 6) is 0. The van der Waals surface area contributed by atoms with Crippen LogP contribution in [0.25, 0.3) is 0 Å². The maximum absolute atomic E-state index is 2.17. The van der Waals surface area contributed by atoms with E-state index in [9.17, 15) is 0 Å². The molecule has 0 aliphatic heterocycles. The Morgan fingerprint density at radius 3 is 0.429 bits per heavy atom. The molecule has 0 spiro atoms. The van der Waals surface area contributed by atoms with Crippen molar-refractivity contribution in [1.82, 2.24) is 9.80 Å². The number of nitrogens with zero attached hydrogens (tertiary/aromatic N) is 2. The van der Waals surface area contributed by atoms with E-state index in [4.69, 9.17) is 0 Å². The molecule has 0 unspecified atom stereocenters. The summed E-state index contributed by atoms with van der Waals surface area (Å²) in [4.78, 5) is 4.00. The van der Waals surface area contributed by atoms with Crippen molar-refractivity contribution in [2.45, 2.75) is 84.3 Å². The molecule has 142 valence electrons. The molecule has 0 amide bonds. The van der Waals surface area contributed by atoms with E-state index in [1.807, 2.05) is 93.6 Å². The Morgan fingerprint density at radius 1 is 0.429 bits per heavy atom. The van der Waals surface area contributed by atoms with Crippen molar-refractivity contribution in [2.75, 3.05) is 42.3 Å². The maximum Gasteiger partial charge on any atom is 0.130 e. The van der Waals surface area contributed by atoms with Crippen LogP contribution in [0.3, 0.4) is 0 Å². The minimum atomic E-state index is 0. The summed E-state index contributed by atoms with van der Waals surface area (Å²) >= 11 is 0. The lowest BCUT2D eigenvalue weighted by molar-refractivity contribution is 0.505. The smallest absolute Gasteiger partial charge is 0.130 e. The van der Waals surface area contributed by atoms with Gasteiger partial charge in [0, 0.05) is 0 Å². The quantitative estimate of drug-likeness (QED) is 0.458. The van der Waals surface area contributed by atoms with Gasteiger partial charge in [-0.2, -0.15) is 0 Å². The Kier molecular flexibility index (Phi) is 248. The lowest BCUT2D eigenvalue weighted by Gasteiger charge is -1.90. The molecule has 0 bridgehead atoms. The lowest BCUT2D eigenvalue weighted by atomic mass is 9.58. The molecule has 21 heavy (non-hydrogen) atoms. The first-order chi connectivity index (χ1) is 8.20. The van der Waals surface area contributed by atoms with Crippen LogP contribution >= 0.6 is 0 Å². The number of hydrogen-bond acceptors (Lipinski definition) is 2. The van der Waals surface area contributed by atoms with Crippen LogP contribution in [-0.4, -0.2) is 58.8 Å². The fourth-order valence-corrected chi connectivity index (χ4v) is 0. The van der Waals surface area contributed by atoms with E-state index < -0.39 is 0 Å². The third-order valence-corrected chi connectivity index (χ3v) is 0. The second-order valence-corrected chi connectivity index (χ2v) is 4.42. The molecule has 0 heterocycles. The highest BCUT2D eigenvalue weighted by Crippen LogP contribution is 1.68. The zero-order valence-corrected chi connectivity index (χ0v) is 16.5. The third-order valence-electron chi connectivity index (χ3n) is 0. The van der Waals surface area contributed by atoms with Crippen molar-refractivity contribution in [3.8, 4) is 0 Å². The summed E-state index contributed by atoms with van der Waals surface area (Å²) in [6, 6.07) is 0. The molecule has 0 aromatic heterocycles. The second-order valence-electron chi connectivity index (χ2n) is 4.42. The summed E-state index contributed by atoms with van der Waals surface area (Å²) in [5.41, 5.74) is 0. The van der Waals surface area contributed by atoms with E-state index in [-0.39, 0.29) is 22.3 Å². The fourth-order valence-electron chi connectivity index (χ4n) is 0. The van der Waals surface area contributed by atoms with Gasteiger partial charge in [0.15, 0.2) is 0 Å². The molecule has 3 heteroatoms. The van der Waals surface area contributed by atoms with E-state index in [0.29, 0.717) is 0 Å². The molecular weight excluding hydrogens is 255 g/mol. The van der Waals surface area contributed by atoms with Gasteiger partial charge in [0.2, 0.25) is 0 Å². The SMILES string of the molecule is C.C.C.CB(C)C.CC.CC.CC.CN(C)C.CN(C)C. The van der Waals surface area contributed by atoms with Crippen molar-refractivity contribution in [3.05, 3.63) is 0 Å². The largest absolute Gasteiger partial charge is 0.312 e. The molecule has 0 aromatic rings. The Balaban J connectivity index is -0.0000000118. The Hall–Kier alpha value is -0.0151. The van der Waals surface area contributed by atoms with Gasteiger partial charge >= 0.3 is 0 Å². The molecule has 0 saturated carbocycles. The average molecular weight is 312 g/mol. The highest BCUT2D eigenvalue weighted by atomic mass is 15.0. The van der Waals surface area contributed by atoms with Crippen molar-refractivity contribution in [3.63, 3.8) is 0 Å². The topological polar surface area (TPSA) is 6.48 Å². The summed E-state index contributed by atoms with van der Waals surface area (Å²) in [6.45, 7) is 19.3. The fraction of sp³-hybridized carbons (Fsp3) is 1.00. The Morgan fingerprint density at radius 2 is 0.429 bits per heavy atom. The molecule has 0 rings (SSSR count). The summed E-state index contributed by atoms with van der Waals surface area (Å²) in [6.07, 6.45) is 0.